The van der Waals surface area contributed by atoms with Gasteiger partial charge in [0.25, 0.3) is 5.91 Å². The minimum atomic E-state index is -0.185. The summed E-state index contributed by atoms with van der Waals surface area (Å²) in [5, 5.41) is 23.2. The van der Waals surface area contributed by atoms with Gasteiger partial charge in [-0.1, -0.05) is 35.9 Å². The Kier molecular flexibility index (Phi) is 5.16. The summed E-state index contributed by atoms with van der Waals surface area (Å²) in [7, 11) is 0. The van der Waals surface area contributed by atoms with Gasteiger partial charge in [-0.05, 0) is 40.2 Å². The van der Waals surface area contributed by atoms with Crippen molar-refractivity contribution in [2.24, 2.45) is 5.10 Å². The standard InChI is InChI=1S/C20H15ClN6OS2/c21-14-5-1-4-13(10-14)20-22-25-26(24-20)12-19(28)27-16(18-7-3-9-30-18)11-15(23-27)17-6-2-8-29-17/h1-10,16H,11-12H2. The van der Waals surface area contributed by atoms with Gasteiger partial charge in [0.1, 0.15) is 6.54 Å². The molecule has 1 aliphatic rings. The van der Waals surface area contributed by atoms with Gasteiger partial charge in [0.2, 0.25) is 5.82 Å². The van der Waals surface area contributed by atoms with Gasteiger partial charge >= 0.3 is 0 Å². The Morgan fingerprint density at radius 3 is 2.77 bits per heavy atom. The lowest BCUT2D eigenvalue weighted by Gasteiger charge is -2.20. The van der Waals surface area contributed by atoms with Crippen LogP contribution >= 0.6 is 34.3 Å². The Labute approximate surface area is 185 Å². The average Bonchev–Trinajstić information content (AvgIpc) is 3.54. The second-order valence-electron chi connectivity index (χ2n) is 6.65. The Bertz CT molecular complexity index is 1200. The molecule has 7 nitrogen and oxygen atoms in total. The third-order valence-corrected chi connectivity index (χ3v) is 6.78. The molecule has 150 valence electrons. The number of amides is 1. The van der Waals surface area contributed by atoms with Crippen molar-refractivity contribution < 1.29 is 4.79 Å². The highest BCUT2D eigenvalue weighted by Crippen LogP contribution is 2.36. The van der Waals surface area contributed by atoms with E-state index in [0.717, 1.165) is 21.0 Å². The fourth-order valence-electron chi connectivity index (χ4n) is 3.28. The van der Waals surface area contributed by atoms with Crippen molar-refractivity contribution in [3.63, 3.8) is 0 Å². The van der Waals surface area contributed by atoms with E-state index in [-0.39, 0.29) is 18.5 Å². The van der Waals surface area contributed by atoms with E-state index < -0.39 is 0 Å². The zero-order valence-electron chi connectivity index (χ0n) is 15.6. The maximum absolute atomic E-state index is 13.1. The summed E-state index contributed by atoms with van der Waals surface area (Å²) < 4.78 is 0. The number of nitrogens with zero attached hydrogens (tertiary/aromatic N) is 6. The summed E-state index contributed by atoms with van der Waals surface area (Å²) in [6, 6.07) is 15.1. The molecule has 1 amide bonds. The van der Waals surface area contributed by atoms with Crippen molar-refractivity contribution in [2.75, 3.05) is 0 Å². The molecule has 4 aromatic rings. The van der Waals surface area contributed by atoms with Crippen LogP contribution in [0.25, 0.3) is 11.4 Å². The highest BCUT2D eigenvalue weighted by atomic mass is 35.5. The molecule has 0 N–H and O–H groups in total. The van der Waals surface area contributed by atoms with Gasteiger partial charge in [-0.2, -0.15) is 9.90 Å². The van der Waals surface area contributed by atoms with Crippen LogP contribution in [0.2, 0.25) is 5.02 Å². The maximum Gasteiger partial charge on any atom is 0.266 e. The van der Waals surface area contributed by atoms with E-state index in [1.54, 1.807) is 39.8 Å². The second-order valence-corrected chi connectivity index (χ2v) is 9.01. The third-order valence-electron chi connectivity index (χ3n) is 4.66. The van der Waals surface area contributed by atoms with Crippen molar-refractivity contribution >= 4 is 45.9 Å². The molecule has 4 heterocycles. The lowest BCUT2D eigenvalue weighted by molar-refractivity contribution is -0.134. The van der Waals surface area contributed by atoms with Crippen LogP contribution in [0.15, 0.2) is 64.4 Å². The molecule has 1 unspecified atom stereocenters. The number of benzene rings is 1. The molecular weight excluding hydrogens is 440 g/mol. The van der Waals surface area contributed by atoms with E-state index in [2.05, 4.69) is 20.5 Å². The van der Waals surface area contributed by atoms with E-state index >= 15 is 0 Å². The lowest BCUT2D eigenvalue weighted by Crippen LogP contribution is -2.30. The fraction of sp³-hybridized carbons (Fsp3) is 0.150. The fourth-order valence-corrected chi connectivity index (χ4v) is 5.00. The van der Waals surface area contributed by atoms with Gasteiger partial charge in [0.15, 0.2) is 0 Å². The first kappa shape index (κ1) is 19.1. The van der Waals surface area contributed by atoms with Crippen LogP contribution in [0.4, 0.5) is 0 Å². The molecule has 0 radical (unpaired) electrons. The first-order valence-corrected chi connectivity index (χ1v) is 11.3. The molecule has 1 atom stereocenters. The number of carbonyl (C=O) groups is 1. The number of hydrogen-bond donors (Lipinski definition) is 0. The SMILES string of the molecule is O=C(Cn1nnc(-c2cccc(Cl)c2)n1)N1N=C(c2cccs2)CC1c1cccs1. The molecule has 0 bridgehead atoms. The average molecular weight is 455 g/mol. The topological polar surface area (TPSA) is 76.3 Å². The quantitative estimate of drug-likeness (QED) is 0.445. The largest absolute Gasteiger partial charge is 0.271 e. The van der Waals surface area contributed by atoms with Gasteiger partial charge < -0.3 is 0 Å². The molecule has 10 heteroatoms. The second kappa shape index (κ2) is 8.10. The summed E-state index contributed by atoms with van der Waals surface area (Å²) in [5.74, 6) is 0.235. The zero-order chi connectivity index (χ0) is 20.5. The Balaban J connectivity index is 1.38. The summed E-state index contributed by atoms with van der Waals surface area (Å²) >= 11 is 9.28. The maximum atomic E-state index is 13.1. The van der Waals surface area contributed by atoms with E-state index in [4.69, 9.17) is 11.6 Å². The van der Waals surface area contributed by atoms with Crippen molar-refractivity contribution in [1.82, 2.24) is 25.2 Å². The number of thiophene rings is 2. The summed E-state index contributed by atoms with van der Waals surface area (Å²) in [4.78, 5) is 16.6. The highest BCUT2D eigenvalue weighted by molar-refractivity contribution is 7.12. The molecule has 1 aromatic carbocycles. The summed E-state index contributed by atoms with van der Waals surface area (Å²) in [6.45, 7) is -0.0450. The van der Waals surface area contributed by atoms with Crippen molar-refractivity contribution in [3.8, 4) is 11.4 Å². The molecule has 0 fully saturated rings. The van der Waals surface area contributed by atoms with E-state index in [0.29, 0.717) is 17.3 Å². The van der Waals surface area contributed by atoms with Crippen LogP contribution in [0.3, 0.4) is 0 Å². The minimum absolute atomic E-state index is 0.0450. The van der Waals surface area contributed by atoms with Gasteiger partial charge in [-0.3, -0.25) is 4.79 Å². The lowest BCUT2D eigenvalue weighted by atomic mass is 10.1. The van der Waals surface area contributed by atoms with Gasteiger partial charge in [0.05, 0.1) is 16.6 Å². The molecule has 1 aliphatic heterocycles. The Morgan fingerprint density at radius 1 is 1.13 bits per heavy atom. The molecule has 0 saturated heterocycles. The normalized spacial score (nSPS) is 16.1. The van der Waals surface area contributed by atoms with Crippen LogP contribution < -0.4 is 0 Å². The monoisotopic (exact) mass is 454 g/mol. The first-order valence-electron chi connectivity index (χ1n) is 9.18. The van der Waals surface area contributed by atoms with Crippen LogP contribution in [0.1, 0.15) is 22.2 Å². The summed E-state index contributed by atoms with van der Waals surface area (Å²) in [5.41, 5.74) is 1.67. The number of tetrazole rings is 1. The number of halogens is 1. The predicted octanol–water partition coefficient (Wildman–Crippen LogP) is 4.49. The predicted molar refractivity (Wildman–Crippen MR) is 118 cm³/mol. The van der Waals surface area contributed by atoms with Crippen LogP contribution in [-0.2, 0) is 11.3 Å². The first-order chi connectivity index (χ1) is 14.7. The minimum Gasteiger partial charge on any atom is -0.271 e. The van der Waals surface area contributed by atoms with Gasteiger partial charge in [-0.25, -0.2) is 5.01 Å². The molecule has 30 heavy (non-hydrogen) atoms. The number of carbonyl (C=O) groups excluding carboxylic acids is 1. The molecule has 0 saturated carbocycles. The van der Waals surface area contributed by atoms with Crippen molar-refractivity contribution in [1.29, 1.82) is 0 Å². The van der Waals surface area contributed by atoms with E-state index in [9.17, 15) is 4.79 Å². The van der Waals surface area contributed by atoms with E-state index in [1.807, 2.05) is 47.2 Å². The van der Waals surface area contributed by atoms with Crippen LogP contribution in [-0.4, -0.2) is 36.8 Å². The van der Waals surface area contributed by atoms with Crippen LogP contribution in [0.5, 0.6) is 0 Å². The van der Waals surface area contributed by atoms with Crippen LogP contribution in [0, 0.1) is 0 Å². The van der Waals surface area contributed by atoms with Gasteiger partial charge in [-0.15, -0.1) is 32.9 Å². The highest BCUT2D eigenvalue weighted by Gasteiger charge is 2.34. The van der Waals surface area contributed by atoms with Crippen molar-refractivity contribution in [3.05, 3.63) is 74.1 Å². The number of rotatable bonds is 5. The molecule has 3 aromatic heterocycles. The molecule has 5 rings (SSSR count). The Hall–Kier alpha value is -2.88. The van der Waals surface area contributed by atoms with Gasteiger partial charge in [0, 0.05) is 21.9 Å². The van der Waals surface area contributed by atoms with E-state index in [1.165, 1.54) is 4.80 Å². The number of hydrogen-bond acceptors (Lipinski definition) is 7. The zero-order valence-corrected chi connectivity index (χ0v) is 17.9. The molecule has 0 spiro atoms. The number of hydrazone groups is 1. The molecule has 0 aliphatic carbocycles. The number of aromatic nitrogens is 4. The Morgan fingerprint density at radius 2 is 2.00 bits per heavy atom. The summed E-state index contributed by atoms with van der Waals surface area (Å²) in [6.07, 6.45) is 0.686. The smallest absolute Gasteiger partial charge is 0.266 e. The van der Waals surface area contributed by atoms with Crippen molar-refractivity contribution in [2.45, 2.75) is 19.0 Å². The molecular formula is C20H15ClN6OS2. The third kappa shape index (κ3) is 3.79.